The zero-order valence-electron chi connectivity index (χ0n) is 44.4. The summed E-state index contributed by atoms with van der Waals surface area (Å²) in [7, 11) is 0. The topological polar surface area (TPSA) is 25.8 Å². The van der Waals surface area contributed by atoms with E-state index in [4.69, 9.17) is 9.97 Å². The molecule has 9 rings (SSSR count). The van der Waals surface area contributed by atoms with E-state index in [1.54, 1.807) is 0 Å². The summed E-state index contributed by atoms with van der Waals surface area (Å²) in [5.41, 5.74) is 32.5. The summed E-state index contributed by atoms with van der Waals surface area (Å²) in [4.78, 5) is 10.2. The van der Waals surface area contributed by atoms with Gasteiger partial charge < -0.3 is 0 Å². The lowest BCUT2D eigenvalue weighted by Crippen LogP contribution is -2.56. The van der Waals surface area contributed by atoms with Crippen molar-refractivity contribution < 1.29 is 0 Å². The van der Waals surface area contributed by atoms with E-state index in [0.717, 1.165) is 44.8 Å². The smallest absolute Gasteiger partial charge is 0.243 e. The van der Waals surface area contributed by atoms with Crippen LogP contribution in [0.2, 0.25) is 0 Å². The molecule has 0 radical (unpaired) electrons. The number of hydrogen-bond donors (Lipinski definition) is 0. The van der Waals surface area contributed by atoms with Gasteiger partial charge in [-0.15, -0.1) is 0 Å². The van der Waals surface area contributed by atoms with Gasteiger partial charge in [0.05, 0.1) is 11.4 Å². The van der Waals surface area contributed by atoms with Crippen molar-refractivity contribution in [3.63, 3.8) is 0 Å². The van der Waals surface area contributed by atoms with E-state index in [1.165, 1.54) is 99.5 Å². The van der Waals surface area contributed by atoms with Crippen molar-refractivity contribution in [2.24, 2.45) is 0 Å². The quantitative estimate of drug-likeness (QED) is 0.114. The largest absolute Gasteiger partial charge is 0.256 e. The molecule has 0 bridgehead atoms. The van der Waals surface area contributed by atoms with Crippen LogP contribution in [-0.4, -0.2) is 23.4 Å². The van der Waals surface area contributed by atoms with E-state index < -0.39 is 0 Å². The Balaban J connectivity index is 0.926. The number of aryl methyl sites for hydroxylation is 12. The standard InChI is InChI=1S/C68H66B2N2/c1-43-33-47(5)65(48(6)34-43)69(66-49(7)35-44(2)36-50(66)8)61-19-15-13-17-59(61)63-31-29-57(41-71-63)27-25-55-21-23-56(24-22-55)26-28-58-30-32-64(72-42-58)60-18-14-16-20-62(60)70(67-51(9)37-45(3)38-52(67)10)68-53(11)39-46(4)40-54(68)12/h13-42H,1-12H3/b27-25+,28-26+. The van der Waals surface area contributed by atoms with Gasteiger partial charge in [0, 0.05) is 12.4 Å². The Labute approximate surface area is 430 Å². The molecule has 0 saturated heterocycles. The predicted octanol–water partition coefficient (Wildman–Crippen LogP) is 12.9. The summed E-state index contributed by atoms with van der Waals surface area (Å²) in [6, 6.07) is 53.7. The molecular weight excluding hydrogens is 866 g/mol. The van der Waals surface area contributed by atoms with Crippen LogP contribution in [0.25, 0.3) is 46.8 Å². The molecule has 2 nitrogen and oxygen atoms in total. The van der Waals surface area contributed by atoms with Gasteiger partial charge in [-0.05, 0) is 129 Å². The van der Waals surface area contributed by atoms with Crippen molar-refractivity contribution >= 4 is 70.5 Å². The second kappa shape index (κ2) is 21.0. The third-order valence-corrected chi connectivity index (χ3v) is 14.6. The summed E-state index contributed by atoms with van der Waals surface area (Å²) in [6.45, 7) is 27.0. The van der Waals surface area contributed by atoms with Crippen LogP contribution in [0.15, 0.2) is 158 Å². The van der Waals surface area contributed by atoms with E-state index >= 15 is 0 Å². The van der Waals surface area contributed by atoms with Crippen LogP contribution in [-0.2, 0) is 0 Å². The molecule has 7 aromatic carbocycles. The molecule has 0 aliphatic carbocycles. The van der Waals surface area contributed by atoms with E-state index in [1.807, 2.05) is 12.4 Å². The molecule has 0 spiro atoms. The average molecular weight is 933 g/mol. The molecule has 0 aliphatic rings. The molecule has 0 unspecified atom stereocenters. The van der Waals surface area contributed by atoms with E-state index in [9.17, 15) is 0 Å². The second-order valence-corrected chi connectivity index (χ2v) is 20.6. The van der Waals surface area contributed by atoms with Crippen LogP contribution in [0.1, 0.15) is 89.0 Å². The number of pyridine rings is 2. The maximum Gasteiger partial charge on any atom is 0.243 e. The lowest BCUT2D eigenvalue weighted by molar-refractivity contribution is 1.32. The van der Waals surface area contributed by atoms with Gasteiger partial charge in [0.1, 0.15) is 0 Å². The first kappa shape index (κ1) is 49.4. The van der Waals surface area contributed by atoms with Gasteiger partial charge in [0.2, 0.25) is 13.4 Å². The highest BCUT2D eigenvalue weighted by molar-refractivity contribution is 6.98. The van der Waals surface area contributed by atoms with Crippen LogP contribution in [0, 0.1) is 83.1 Å². The Morgan fingerprint density at radius 2 is 0.542 bits per heavy atom. The highest BCUT2D eigenvalue weighted by Crippen LogP contribution is 2.23. The van der Waals surface area contributed by atoms with Crippen molar-refractivity contribution in [3.05, 3.63) is 247 Å². The van der Waals surface area contributed by atoms with E-state index in [0.29, 0.717) is 0 Å². The molecule has 0 fully saturated rings. The summed E-state index contributed by atoms with van der Waals surface area (Å²) < 4.78 is 0. The van der Waals surface area contributed by atoms with E-state index in [-0.39, 0.29) is 13.4 Å². The maximum atomic E-state index is 5.09. The zero-order chi connectivity index (χ0) is 50.8. The Bertz CT molecular complexity index is 3080. The Hall–Kier alpha value is -7.55. The fourth-order valence-corrected chi connectivity index (χ4v) is 11.9. The third kappa shape index (κ3) is 10.4. The summed E-state index contributed by atoms with van der Waals surface area (Å²) in [5.74, 6) is 0. The Morgan fingerprint density at radius 3 is 0.806 bits per heavy atom. The van der Waals surface area contributed by atoms with Crippen LogP contribution < -0.4 is 32.8 Å². The molecule has 72 heavy (non-hydrogen) atoms. The number of hydrogen-bond acceptors (Lipinski definition) is 2. The van der Waals surface area contributed by atoms with Crippen LogP contribution in [0.3, 0.4) is 0 Å². The first-order chi connectivity index (χ1) is 34.6. The van der Waals surface area contributed by atoms with Crippen LogP contribution in [0.4, 0.5) is 0 Å². The van der Waals surface area contributed by atoms with E-state index in [2.05, 4.69) is 253 Å². The number of nitrogens with zero attached hydrogens (tertiary/aromatic N) is 2. The highest BCUT2D eigenvalue weighted by atomic mass is 14.7. The van der Waals surface area contributed by atoms with Gasteiger partial charge in [0.15, 0.2) is 0 Å². The number of benzene rings is 7. The fraction of sp³-hybridized carbons (Fsp3) is 0.176. The van der Waals surface area contributed by atoms with Crippen LogP contribution >= 0.6 is 0 Å². The first-order valence-electron chi connectivity index (χ1n) is 25.5. The first-order valence-corrected chi connectivity index (χ1v) is 25.5. The minimum atomic E-state index is 0.0724. The van der Waals surface area contributed by atoms with Crippen molar-refractivity contribution in [1.29, 1.82) is 0 Å². The van der Waals surface area contributed by atoms with Crippen molar-refractivity contribution in [1.82, 2.24) is 9.97 Å². The SMILES string of the molecule is Cc1cc(C)c(B(c2ccccc2-c2ccc(/C=C/c3ccc(/C=C/c4ccc(-c5ccccc5B(c5c(C)cc(C)cc5C)c5c(C)cc(C)cc5C)nc4)cc3)cn2)c2c(C)cc(C)cc2C)c(C)c1. The minimum Gasteiger partial charge on any atom is -0.256 e. The lowest BCUT2D eigenvalue weighted by Gasteiger charge is -2.26. The minimum absolute atomic E-state index is 0.0724. The van der Waals surface area contributed by atoms with Gasteiger partial charge in [-0.1, -0.05) is 257 Å². The van der Waals surface area contributed by atoms with Crippen LogP contribution in [0.5, 0.6) is 0 Å². The lowest BCUT2D eigenvalue weighted by atomic mass is 9.33. The molecule has 4 heteroatoms. The summed E-state index contributed by atoms with van der Waals surface area (Å²) >= 11 is 0. The Morgan fingerprint density at radius 1 is 0.292 bits per heavy atom. The molecule has 354 valence electrons. The molecule has 2 aromatic heterocycles. The van der Waals surface area contributed by atoms with Gasteiger partial charge in [-0.2, -0.15) is 0 Å². The van der Waals surface area contributed by atoms with Gasteiger partial charge in [0.25, 0.3) is 0 Å². The summed E-state index contributed by atoms with van der Waals surface area (Å²) in [6.07, 6.45) is 12.6. The normalized spacial score (nSPS) is 11.5. The molecule has 0 saturated carbocycles. The molecule has 0 atom stereocenters. The average Bonchev–Trinajstić information content (AvgIpc) is 3.34. The molecular formula is C68H66B2N2. The molecule has 0 N–H and O–H groups in total. The van der Waals surface area contributed by atoms with Gasteiger partial charge in [-0.25, -0.2) is 0 Å². The predicted molar refractivity (Wildman–Crippen MR) is 316 cm³/mol. The number of rotatable bonds is 12. The number of aromatic nitrogens is 2. The third-order valence-electron chi connectivity index (χ3n) is 14.6. The Kier molecular flexibility index (Phi) is 14.4. The van der Waals surface area contributed by atoms with Crippen molar-refractivity contribution in [2.75, 3.05) is 0 Å². The molecule has 9 aromatic rings. The zero-order valence-corrected chi connectivity index (χ0v) is 44.4. The summed E-state index contributed by atoms with van der Waals surface area (Å²) in [5, 5.41) is 0. The van der Waals surface area contributed by atoms with Crippen molar-refractivity contribution in [3.8, 4) is 22.5 Å². The second-order valence-electron chi connectivity index (χ2n) is 20.6. The molecule has 0 amide bonds. The molecule has 2 heterocycles. The fourth-order valence-electron chi connectivity index (χ4n) is 11.9. The van der Waals surface area contributed by atoms with Gasteiger partial charge in [-0.3, -0.25) is 9.97 Å². The monoisotopic (exact) mass is 933 g/mol. The van der Waals surface area contributed by atoms with Gasteiger partial charge >= 0.3 is 0 Å². The highest BCUT2D eigenvalue weighted by Gasteiger charge is 2.32. The van der Waals surface area contributed by atoms with Crippen molar-refractivity contribution in [2.45, 2.75) is 83.1 Å². The molecule has 0 aliphatic heterocycles. The maximum absolute atomic E-state index is 5.09.